The van der Waals surface area contributed by atoms with Gasteiger partial charge < -0.3 is 0 Å². The van der Waals surface area contributed by atoms with Crippen molar-refractivity contribution in [2.75, 3.05) is 13.1 Å². The molecule has 0 bridgehead atoms. The van der Waals surface area contributed by atoms with Crippen molar-refractivity contribution in [2.24, 2.45) is 0 Å². The van der Waals surface area contributed by atoms with Crippen LogP contribution in [-0.4, -0.2) is 29.3 Å². The first-order valence-electron chi connectivity index (χ1n) is 6.20. The van der Waals surface area contributed by atoms with Gasteiger partial charge in [-0.15, -0.1) is 0 Å². The Morgan fingerprint density at radius 1 is 1.11 bits per heavy atom. The summed E-state index contributed by atoms with van der Waals surface area (Å²) < 4.78 is 39.7. The van der Waals surface area contributed by atoms with Crippen molar-refractivity contribution in [3.8, 4) is 0 Å². The average molecular weight is 273 g/mol. The van der Waals surface area contributed by atoms with E-state index in [1.54, 1.807) is 13.8 Å². The Morgan fingerprint density at radius 2 is 1.63 bits per heavy atom. The van der Waals surface area contributed by atoms with Crippen LogP contribution in [0.2, 0.25) is 0 Å². The number of ketones is 1. The first-order valence-corrected chi connectivity index (χ1v) is 6.20. The third kappa shape index (κ3) is 2.81. The lowest BCUT2D eigenvalue weighted by molar-refractivity contribution is 0.0663. The minimum absolute atomic E-state index is 0.421. The zero-order valence-electron chi connectivity index (χ0n) is 11.6. The summed E-state index contributed by atoms with van der Waals surface area (Å²) in [5.74, 6) is -4.89. The standard InChI is InChI=1S/C14H18F3NO/c1-5-18(6-2)14(3,4)13(19)9-7-8-10(15)12(17)11(9)16/h7-8H,5-6H2,1-4H3. The third-order valence-electron chi connectivity index (χ3n) is 3.39. The molecule has 0 unspecified atom stereocenters. The predicted octanol–water partition coefficient (Wildman–Crippen LogP) is 3.41. The summed E-state index contributed by atoms with van der Waals surface area (Å²) in [4.78, 5) is 14.2. The second kappa shape index (κ2) is 5.74. The summed E-state index contributed by atoms with van der Waals surface area (Å²) in [6.45, 7) is 8.23. The van der Waals surface area contributed by atoms with Gasteiger partial charge in [0.25, 0.3) is 0 Å². The van der Waals surface area contributed by atoms with Crippen LogP contribution in [-0.2, 0) is 0 Å². The number of Topliss-reactive ketones (excluding diaryl/α,β-unsaturated/α-hetero) is 1. The second-order valence-electron chi connectivity index (χ2n) is 4.78. The van der Waals surface area contributed by atoms with Crippen LogP contribution < -0.4 is 0 Å². The highest BCUT2D eigenvalue weighted by molar-refractivity contribution is 6.02. The molecule has 0 fully saturated rings. The number of benzene rings is 1. The Morgan fingerprint density at radius 3 is 2.11 bits per heavy atom. The van der Waals surface area contributed by atoms with Gasteiger partial charge in [-0.05, 0) is 39.1 Å². The monoisotopic (exact) mass is 273 g/mol. The summed E-state index contributed by atoms with van der Waals surface area (Å²) in [6.07, 6.45) is 0. The molecule has 2 nitrogen and oxygen atoms in total. The van der Waals surface area contributed by atoms with E-state index in [9.17, 15) is 18.0 Å². The quantitative estimate of drug-likeness (QED) is 0.605. The van der Waals surface area contributed by atoms with Crippen LogP contribution in [0.4, 0.5) is 13.2 Å². The van der Waals surface area contributed by atoms with Crippen molar-refractivity contribution in [1.29, 1.82) is 0 Å². The van der Waals surface area contributed by atoms with Crippen molar-refractivity contribution in [3.05, 3.63) is 35.1 Å². The van der Waals surface area contributed by atoms with Gasteiger partial charge in [0.05, 0.1) is 11.1 Å². The average Bonchev–Trinajstić information content (AvgIpc) is 2.36. The molecule has 0 radical (unpaired) electrons. The highest BCUT2D eigenvalue weighted by atomic mass is 19.2. The van der Waals surface area contributed by atoms with Crippen LogP contribution in [0, 0.1) is 17.5 Å². The van der Waals surface area contributed by atoms with Gasteiger partial charge >= 0.3 is 0 Å². The van der Waals surface area contributed by atoms with Crippen molar-refractivity contribution in [2.45, 2.75) is 33.2 Å². The molecule has 0 heterocycles. The zero-order valence-corrected chi connectivity index (χ0v) is 11.6. The van der Waals surface area contributed by atoms with Gasteiger partial charge in [-0.3, -0.25) is 9.69 Å². The lowest BCUT2D eigenvalue weighted by Gasteiger charge is -2.35. The smallest absolute Gasteiger partial charge is 0.195 e. The molecule has 5 heteroatoms. The first kappa shape index (κ1) is 15.7. The summed E-state index contributed by atoms with van der Waals surface area (Å²) in [5, 5.41) is 0. The maximum atomic E-state index is 13.7. The van der Waals surface area contributed by atoms with E-state index in [2.05, 4.69) is 0 Å². The minimum Gasteiger partial charge on any atom is -0.292 e. The normalized spacial score (nSPS) is 12.0. The fourth-order valence-corrected chi connectivity index (χ4v) is 2.19. The first-order chi connectivity index (χ1) is 8.77. The van der Waals surface area contributed by atoms with Gasteiger partial charge in [0.15, 0.2) is 23.2 Å². The lowest BCUT2D eigenvalue weighted by atomic mass is 9.90. The molecule has 0 saturated heterocycles. The van der Waals surface area contributed by atoms with E-state index in [1.807, 2.05) is 18.7 Å². The number of halogens is 3. The number of hydrogen-bond donors (Lipinski definition) is 0. The Kier molecular flexibility index (Phi) is 4.74. The van der Waals surface area contributed by atoms with E-state index in [1.165, 1.54) is 0 Å². The fourth-order valence-electron chi connectivity index (χ4n) is 2.19. The Labute approximate surface area is 111 Å². The maximum Gasteiger partial charge on any atom is 0.195 e. The molecule has 19 heavy (non-hydrogen) atoms. The number of likely N-dealkylation sites (N-methyl/N-ethyl adjacent to an activating group) is 1. The van der Waals surface area contributed by atoms with Gasteiger partial charge in [-0.1, -0.05) is 13.8 Å². The molecular formula is C14H18F3NO. The molecule has 1 aromatic rings. The molecule has 0 aliphatic heterocycles. The fraction of sp³-hybridized carbons (Fsp3) is 0.500. The topological polar surface area (TPSA) is 20.3 Å². The summed E-state index contributed by atoms with van der Waals surface area (Å²) in [5.41, 5.74) is -1.40. The van der Waals surface area contributed by atoms with Crippen molar-refractivity contribution in [1.82, 2.24) is 4.90 Å². The highest BCUT2D eigenvalue weighted by Gasteiger charge is 2.35. The minimum atomic E-state index is -1.61. The van der Waals surface area contributed by atoms with Crippen LogP contribution in [0.25, 0.3) is 0 Å². The van der Waals surface area contributed by atoms with Crippen molar-refractivity contribution >= 4 is 5.78 Å². The van der Waals surface area contributed by atoms with Crippen LogP contribution in [0.5, 0.6) is 0 Å². The van der Waals surface area contributed by atoms with E-state index >= 15 is 0 Å². The van der Waals surface area contributed by atoms with Crippen LogP contribution in [0.15, 0.2) is 12.1 Å². The molecule has 1 rings (SSSR count). The van der Waals surface area contributed by atoms with Gasteiger partial charge in [-0.2, -0.15) is 0 Å². The number of rotatable bonds is 5. The van der Waals surface area contributed by atoms with E-state index in [0.717, 1.165) is 12.1 Å². The maximum absolute atomic E-state index is 13.7. The van der Waals surface area contributed by atoms with Gasteiger partial charge in [-0.25, -0.2) is 13.2 Å². The van der Waals surface area contributed by atoms with Gasteiger partial charge in [0.1, 0.15) is 0 Å². The molecule has 0 aliphatic rings. The Balaban J connectivity index is 3.24. The Hall–Kier alpha value is -1.36. The molecular weight excluding hydrogens is 255 g/mol. The summed E-state index contributed by atoms with van der Waals surface area (Å²) in [7, 11) is 0. The van der Waals surface area contributed by atoms with Crippen LogP contribution in [0.3, 0.4) is 0 Å². The number of nitrogens with zero attached hydrogens (tertiary/aromatic N) is 1. The molecule has 0 saturated carbocycles. The number of carbonyl (C=O) groups is 1. The predicted molar refractivity (Wildman–Crippen MR) is 67.6 cm³/mol. The molecule has 0 aliphatic carbocycles. The Bertz CT molecular complexity index is 482. The van der Waals surface area contributed by atoms with Gasteiger partial charge in [0.2, 0.25) is 0 Å². The molecule has 0 atom stereocenters. The van der Waals surface area contributed by atoms with Crippen LogP contribution >= 0.6 is 0 Å². The van der Waals surface area contributed by atoms with E-state index in [0.29, 0.717) is 13.1 Å². The van der Waals surface area contributed by atoms with E-state index in [4.69, 9.17) is 0 Å². The van der Waals surface area contributed by atoms with E-state index < -0.39 is 34.3 Å². The zero-order chi connectivity index (χ0) is 14.8. The number of carbonyl (C=O) groups excluding carboxylic acids is 1. The molecule has 0 N–H and O–H groups in total. The van der Waals surface area contributed by atoms with Crippen molar-refractivity contribution < 1.29 is 18.0 Å². The summed E-state index contributed by atoms with van der Waals surface area (Å²) >= 11 is 0. The second-order valence-corrected chi connectivity index (χ2v) is 4.78. The molecule has 0 aromatic heterocycles. The lowest BCUT2D eigenvalue weighted by Crippen LogP contribution is -2.50. The molecule has 1 aromatic carbocycles. The van der Waals surface area contributed by atoms with Gasteiger partial charge in [0, 0.05) is 0 Å². The molecule has 0 spiro atoms. The van der Waals surface area contributed by atoms with Crippen molar-refractivity contribution in [3.63, 3.8) is 0 Å². The summed E-state index contributed by atoms with van der Waals surface area (Å²) in [6, 6.07) is 1.76. The third-order valence-corrected chi connectivity index (χ3v) is 3.39. The molecule has 0 amide bonds. The van der Waals surface area contributed by atoms with E-state index in [-0.39, 0.29) is 0 Å². The SMILES string of the molecule is CCN(CC)C(C)(C)C(=O)c1ccc(F)c(F)c1F. The van der Waals surface area contributed by atoms with Crippen LogP contribution in [0.1, 0.15) is 38.1 Å². The number of hydrogen-bond acceptors (Lipinski definition) is 2. The molecule has 106 valence electrons. The largest absolute Gasteiger partial charge is 0.292 e. The highest BCUT2D eigenvalue weighted by Crippen LogP contribution is 2.24.